The smallest absolute Gasteiger partial charge is 0.371 e. The molecule has 0 aliphatic heterocycles. The molecule has 0 aromatic heterocycles. The Morgan fingerprint density at radius 2 is 2.10 bits per heavy atom. The molecule has 0 aliphatic carbocycles. The zero-order valence-electron chi connectivity index (χ0n) is 10.3. The normalized spacial score (nSPS) is 11.2. The molecular formula is C12H11ClFNO5. The minimum atomic E-state index is -1.64. The predicted molar refractivity (Wildman–Crippen MR) is 67.3 cm³/mol. The molecule has 0 atom stereocenters. The van der Waals surface area contributed by atoms with Crippen molar-refractivity contribution in [2.75, 3.05) is 7.11 Å². The number of carbonyl (C=O) groups is 2. The maximum Gasteiger partial charge on any atom is 0.371 e. The van der Waals surface area contributed by atoms with Gasteiger partial charge in [-0.25, -0.2) is 14.2 Å². The maximum absolute atomic E-state index is 12.9. The average Bonchev–Trinajstić information content (AvgIpc) is 2.37. The van der Waals surface area contributed by atoms with Crippen molar-refractivity contribution in [2.45, 2.75) is 6.54 Å². The number of halogens is 2. The molecule has 6 nitrogen and oxygen atoms in total. The fraction of sp³-hybridized carbons (Fsp3) is 0.167. The van der Waals surface area contributed by atoms with Crippen LogP contribution in [0.15, 0.2) is 30.0 Å². The third kappa shape index (κ3) is 4.22. The highest BCUT2D eigenvalue weighted by Gasteiger charge is 2.16. The molecule has 8 heteroatoms. The van der Waals surface area contributed by atoms with Crippen LogP contribution < -0.4 is 0 Å². The van der Waals surface area contributed by atoms with Gasteiger partial charge in [0.25, 0.3) is 5.91 Å². The van der Waals surface area contributed by atoms with Crippen molar-refractivity contribution >= 4 is 23.5 Å². The summed E-state index contributed by atoms with van der Waals surface area (Å²) in [5.74, 6) is -4.19. The number of hydrogen-bond donors (Lipinski definition) is 2. The maximum atomic E-state index is 12.9. The molecule has 1 amide bonds. The molecule has 1 rings (SSSR count). The van der Waals surface area contributed by atoms with Crippen LogP contribution in [0.1, 0.15) is 5.56 Å². The third-order valence-corrected chi connectivity index (χ3v) is 2.63. The Hall–Kier alpha value is -2.12. The van der Waals surface area contributed by atoms with Crippen LogP contribution in [0.4, 0.5) is 4.39 Å². The monoisotopic (exact) mass is 303 g/mol. The lowest BCUT2D eigenvalue weighted by atomic mass is 10.2. The van der Waals surface area contributed by atoms with Gasteiger partial charge in [-0.05, 0) is 17.7 Å². The van der Waals surface area contributed by atoms with Gasteiger partial charge >= 0.3 is 5.97 Å². The molecule has 1 aromatic carbocycles. The van der Waals surface area contributed by atoms with Crippen LogP contribution >= 0.6 is 11.6 Å². The van der Waals surface area contributed by atoms with Gasteiger partial charge in [-0.1, -0.05) is 17.7 Å². The van der Waals surface area contributed by atoms with E-state index in [2.05, 4.69) is 0 Å². The number of carbonyl (C=O) groups excluding carboxylic acids is 1. The van der Waals surface area contributed by atoms with Crippen molar-refractivity contribution in [2.24, 2.45) is 0 Å². The predicted octanol–water partition coefficient (Wildman–Crippen LogP) is 1.90. The largest absolute Gasteiger partial charge is 0.502 e. The van der Waals surface area contributed by atoms with Crippen LogP contribution in [0.25, 0.3) is 0 Å². The second kappa shape index (κ2) is 6.88. The third-order valence-electron chi connectivity index (χ3n) is 2.27. The van der Waals surface area contributed by atoms with E-state index >= 15 is 0 Å². The number of nitrogens with zero attached hydrogens (tertiary/aromatic N) is 1. The molecule has 1 aromatic rings. The van der Waals surface area contributed by atoms with E-state index in [0.717, 1.165) is 17.2 Å². The van der Waals surface area contributed by atoms with E-state index in [9.17, 15) is 14.0 Å². The van der Waals surface area contributed by atoms with Gasteiger partial charge in [0.15, 0.2) is 0 Å². The van der Waals surface area contributed by atoms with Crippen LogP contribution in [0.2, 0.25) is 5.02 Å². The molecule has 0 saturated heterocycles. The van der Waals surface area contributed by atoms with Crippen LogP contribution in [0.3, 0.4) is 0 Å². The first-order chi connectivity index (χ1) is 9.35. The lowest BCUT2D eigenvalue weighted by Crippen LogP contribution is -2.28. The van der Waals surface area contributed by atoms with Crippen LogP contribution in [0, 0.1) is 5.82 Å². The van der Waals surface area contributed by atoms with Crippen molar-refractivity contribution in [1.82, 2.24) is 5.06 Å². The van der Waals surface area contributed by atoms with Crippen molar-refractivity contribution in [3.63, 3.8) is 0 Å². The van der Waals surface area contributed by atoms with E-state index < -0.39 is 23.5 Å². The topological polar surface area (TPSA) is 87.1 Å². The van der Waals surface area contributed by atoms with Gasteiger partial charge in [-0.15, -0.1) is 0 Å². The minimum absolute atomic E-state index is 0.0892. The number of aliphatic hydroxyl groups excluding tert-OH is 1. The molecule has 0 radical (unpaired) electrons. The summed E-state index contributed by atoms with van der Waals surface area (Å²) in [5.41, 5.74) is 0.395. The van der Waals surface area contributed by atoms with E-state index in [1.807, 2.05) is 0 Å². The number of carboxylic acids is 1. The number of benzene rings is 1. The quantitative estimate of drug-likeness (QED) is 0.493. The van der Waals surface area contributed by atoms with Crippen molar-refractivity contribution in [3.8, 4) is 0 Å². The highest BCUT2D eigenvalue weighted by atomic mass is 35.5. The summed E-state index contributed by atoms with van der Waals surface area (Å²) < 4.78 is 12.9. The SMILES string of the molecule is CON(Cc1ccc(F)cc1Cl)C(=O)C=C(O)C(=O)O. The Morgan fingerprint density at radius 1 is 1.45 bits per heavy atom. The van der Waals surface area contributed by atoms with Crippen LogP contribution in [0.5, 0.6) is 0 Å². The van der Waals surface area contributed by atoms with Gasteiger partial charge in [0.2, 0.25) is 5.76 Å². The van der Waals surface area contributed by atoms with E-state index in [4.69, 9.17) is 26.7 Å². The van der Waals surface area contributed by atoms with Gasteiger partial charge in [-0.2, -0.15) is 0 Å². The number of hydroxylamine groups is 2. The van der Waals surface area contributed by atoms with Gasteiger partial charge in [0.1, 0.15) is 5.82 Å². The molecule has 20 heavy (non-hydrogen) atoms. The van der Waals surface area contributed by atoms with E-state index in [1.165, 1.54) is 13.2 Å². The van der Waals surface area contributed by atoms with Gasteiger partial charge in [-0.3, -0.25) is 9.63 Å². The molecule has 0 fully saturated rings. The zero-order valence-corrected chi connectivity index (χ0v) is 11.1. The number of rotatable bonds is 5. The van der Waals surface area contributed by atoms with E-state index in [1.54, 1.807) is 0 Å². The van der Waals surface area contributed by atoms with E-state index in [0.29, 0.717) is 11.6 Å². The Balaban J connectivity index is 2.89. The molecule has 0 saturated carbocycles. The first-order valence-electron chi connectivity index (χ1n) is 5.28. The first-order valence-corrected chi connectivity index (χ1v) is 5.66. The van der Waals surface area contributed by atoms with Gasteiger partial charge < -0.3 is 10.2 Å². The molecule has 0 heterocycles. The zero-order chi connectivity index (χ0) is 15.3. The van der Waals surface area contributed by atoms with Crippen molar-refractivity contribution in [3.05, 3.63) is 46.4 Å². The number of hydrogen-bond acceptors (Lipinski definition) is 4. The summed E-state index contributed by atoms with van der Waals surface area (Å²) in [6.07, 6.45) is 0.489. The molecular weight excluding hydrogens is 293 g/mol. The van der Waals surface area contributed by atoms with Crippen molar-refractivity contribution < 1.29 is 29.0 Å². The second-order valence-electron chi connectivity index (χ2n) is 3.63. The number of carboxylic acid groups (broad SMARTS) is 1. The lowest BCUT2D eigenvalue weighted by molar-refractivity contribution is -0.173. The lowest BCUT2D eigenvalue weighted by Gasteiger charge is -2.18. The summed E-state index contributed by atoms with van der Waals surface area (Å²) in [6, 6.07) is 3.58. The van der Waals surface area contributed by atoms with Crippen LogP contribution in [-0.2, 0) is 21.0 Å². The van der Waals surface area contributed by atoms with Gasteiger partial charge in [0, 0.05) is 5.02 Å². The van der Waals surface area contributed by atoms with Gasteiger partial charge in [0.05, 0.1) is 19.7 Å². The minimum Gasteiger partial charge on any atom is -0.502 e. The number of aliphatic carboxylic acids is 1. The standard InChI is InChI=1S/C12H11ClFNO5/c1-20-15(11(17)5-10(16)12(18)19)6-7-2-3-8(14)4-9(7)13/h2-5,16H,6H2,1H3,(H,18,19). The fourth-order valence-corrected chi connectivity index (χ4v) is 1.51. The van der Waals surface area contributed by atoms with Crippen molar-refractivity contribution in [1.29, 1.82) is 0 Å². The fourth-order valence-electron chi connectivity index (χ4n) is 1.29. The Morgan fingerprint density at radius 3 is 2.60 bits per heavy atom. The second-order valence-corrected chi connectivity index (χ2v) is 4.04. The molecule has 108 valence electrons. The highest BCUT2D eigenvalue weighted by molar-refractivity contribution is 6.31. The summed E-state index contributed by atoms with van der Waals surface area (Å²) >= 11 is 5.80. The summed E-state index contributed by atoms with van der Waals surface area (Å²) in [4.78, 5) is 26.8. The molecule has 0 aliphatic rings. The Bertz CT molecular complexity index is 561. The van der Waals surface area contributed by atoms with E-state index in [-0.39, 0.29) is 11.6 Å². The number of amides is 1. The molecule has 0 unspecified atom stereocenters. The summed E-state index contributed by atoms with van der Waals surface area (Å²) in [7, 11) is 1.18. The first kappa shape index (κ1) is 15.9. The average molecular weight is 304 g/mol. The molecule has 0 spiro atoms. The number of aliphatic hydroxyl groups is 1. The molecule has 2 N–H and O–H groups in total. The Labute approximate surface area is 118 Å². The molecule has 0 bridgehead atoms. The van der Waals surface area contributed by atoms with Crippen LogP contribution in [-0.4, -0.2) is 34.3 Å². The summed E-state index contributed by atoms with van der Waals surface area (Å²) in [6.45, 7) is -0.141. The Kier molecular flexibility index (Phi) is 5.48. The highest BCUT2D eigenvalue weighted by Crippen LogP contribution is 2.19. The summed E-state index contributed by atoms with van der Waals surface area (Å²) in [5, 5.41) is 18.3.